The van der Waals surface area contributed by atoms with Gasteiger partial charge in [0.1, 0.15) is 0 Å². The summed E-state index contributed by atoms with van der Waals surface area (Å²) in [6, 6.07) is 21.3. The number of benzene rings is 2. The fourth-order valence-corrected chi connectivity index (χ4v) is 4.89. The topological polar surface area (TPSA) is 29.1 Å². The average Bonchev–Trinajstić information content (AvgIpc) is 3.40. The minimum Gasteiger partial charge on any atom is -0.356 e. The summed E-state index contributed by atoms with van der Waals surface area (Å²) in [4.78, 5) is 12.6. The molecule has 136 valence electrons. The second-order valence-electron chi connectivity index (χ2n) is 8.13. The van der Waals surface area contributed by atoms with Gasteiger partial charge in [0.2, 0.25) is 5.91 Å². The van der Waals surface area contributed by atoms with Gasteiger partial charge >= 0.3 is 0 Å². The zero-order chi connectivity index (χ0) is 17.8. The molecule has 1 unspecified atom stereocenters. The van der Waals surface area contributed by atoms with Crippen molar-refractivity contribution in [2.24, 2.45) is 11.3 Å². The molecule has 2 heteroatoms. The lowest BCUT2D eigenvalue weighted by Gasteiger charge is -2.22. The van der Waals surface area contributed by atoms with Crippen molar-refractivity contribution < 1.29 is 4.79 Å². The Morgan fingerprint density at radius 3 is 2.08 bits per heavy atom. The first-order valence-corrected chi connectivity index (χ1v) is 10.2. The van der Waals surface area contributed by atoms with Crippen LogP contribution in [0.5, 0.6) is 0 Å². The van der Waals surface area contributed by atoms with Crippen molar-refractivity contribution >= 4 is 5.91 Å². The summed E-state index contributed by atoms with van der Waals surface area (Å²) in [6.45, 7) is 0.750. The molecule has 1 atom stereocenters. The maximum Gasteiger partial charge on any atom is 0.223 e. The van der Waals surface area contributed by atoms with E-state index in [-0.39, 0.29) is 5.92 Å². The third-order valence-corrected chi connectivity index (χ3v) is 6.49. The Labute approximate surface area is 157 Å². The van der Waals surface area contributed by atoms with Gasteiger partial charge in [-0.2, -0.15) is 0 Å². The van der Waals surface area contributed by atoms with E-state index in [9.17, 15) is 4.79 Å². The van der Waals surface area contributed by atoms with Crippen LogP contribution in [0.2, 0.25) is 0 Å². The van der Waals surface area contributed by atoms with E-state index in [4.69, 9.17) is 0 Å². The minimum absolute atomic E-state index is 0.287. The summed E-state index contributed by atoms with van der Waals surface area (Å²) in [5, 5.41) is 3.25. The molecule has 1 N–H and O–H groups in total. The van der Waals surface area contributed by atoms with Gasteiger partial charge in [0, 0.05) is 18.4 Å². The van der Waals surface area contributed by atoms with Crippen LogP contribution in [0.25, 0.3) is 0 Å². The molecule has 26 heavy (non-hydrogen) atoms. The van der Waals surface area contributed by atoms with E-state index in [1.54, 1.807) is 0 Å². The molecule has 2 saturated carbocycles. The molecule has 2 nitrogen and oxygen atoms in total. The predicted molar refractivity (Wildman–Crippen MR) is 106 cm³/mol. The molecule has 0 heterocycles. The van der Waals surface area contributed by atoms with Crippen LogP contribution in [0.4, 0.5) is 0 Å². The summed E-state index contributed by atoms with van der Waals surface area (Å²) >= 11 is 0. The van der Waals surface area contributed by atoms with Crippen LogP contribution in [-0.4, -0.2) is 12.5 Å². The van der Waals surface area contributed by atoms with E-state index in [0.717, 1.165) is 19.4 Å². The first-order valence-electron chi connectivity index (χ1n) is 10.2. The molecule has 4 rings (SSSR count). The molecular weight excluding hydrogens is 318 g/mol. The van der Waals surface area contributed by atoms with E-state index >= 15 is 0 Å². The van der Waals surface area contributed by atoms with E-state index in [1.807, 2.05) is 0 Å². The third kappa shape index (κ3) is 3.70. The van der Waals surface area contributed by atoms with Gasteiger partial charge < -0.3 is 5.32 Å². The molecule has 1 spiro atoms. The largest absolute Gasteiger partial charge is 0.356 e. The molecule has 2 aromatic rings. The van der Waals surface area contributed by atoms with Crippen LogP contribution >= 0.6 is 0 Å². The van der Waals surface area contributed by atoms with Crippen LogP contribution in [-0.2, 0) is 4.79 Å². The standard InChI is InChI=1S/C24H29NO/c26-23(22-18-24(22)15-8-3-9-16-24)25-17-14-21(19-10-4-1-5-11-19)20-12-6-2-7-13-20/h1-2,4-7,10-13,21-22H,3,8-9,14-18H2,(H,25,26). The van der Waals surface area contributed by atoms with Gasteiger partial charge in [-0.3, -0.25) is 4.79 Å². The van der Waals surface area contributed by atoms with Crippen LogP contribution in [0.15, 0.2) is 60.7 Å². The van der Waals surface area contributed by atoms with Crippen molar-refractivity contribution in [2.75, 3.05) is 6.54 Å². The fraction of sp³-hybridized carbons (Fsp3) is 0.458. The molecular formula is C24H29NO. The summed E-state index contributed by atoms with van der Waals surface area (Å²) in [5.74, 6) is 0.919. The number of amides is 1. The molecule has 2 aromatic carbocycles. The Hall–Kier alpha value is -2.09. The second kappa shape index (κ2) is 7.65. The summed E-state index contributed by atoms with van der Waals surface area (Å²) in [5.41, 5.74) is 3.02. The van der Waals surface area contributed by atoms with Gasteiger partial charge in [0.05, 0.1) is 0 Å². The molecule has 0 saturated heterocycles. The Balaban J connectivity index is 1.36. The number of hydrogen-bond donors (Lipinski definition) is 1. The highest BCUT2D eigenvalue weighted by Crippen LogP contribution is 2.61. The zero-order valence-electron chi connectivity index (χ0n) is 15.5. The van der Waals surface area contributed by atoms with Crippen molar-refractivity contribution in [1.82, 2.24) is 5.32 Å². The second-order valence-corrected chi connectivity index (χ2v) is 8.13. The highest BCUT2D eigenvalue weighted by molar-refractivity contribution is 5.82. The highest BCUT2D eigenvalue weighted by Gasteiger charge is 2.57. The van der Waals surface area contributed by atoms with Gasteiger partial charge in [-0.15, -0.1) is 0 Å². The number of hydrogen-bond acceptors (Lipinski definition) is 1. The quantitative estimate of drug-likeness (QED) is 0.755. The third-order valence-electron chi connectivity index (χ3n) is 6.49. The Morgan fingerprint density at radius 2 is 1.50 bits per heavy atom. The van der Waals surface area contributed by atoms with Gasteiger partial charge in [0.15, 0.2) is 0 Å². The highest BCUT2D eigenvalue weighted by atomic mass is 16.2. The van der Waals surface area contributed by atoms with Crippen molar-refractivity contribution in [2.45, 2.75) is 50.9 Å². The summed E-state index contributed by atoms with van der Waals surface area (Å²) < 4.78 is 0. The van der Waals surface area contributed by atoms with E-state index < -0.39 is 0 Å². The maximum atomic E-state index is 12.6. The fourth-order valence-electron chi connectivity index (χ4n) is 4.89. The molecule has 0 aromatic heterocycles. The molecule has 2 aliphatic carbocycles. The van der Waals surface area contributed by atoms with Crippen LogP contribution < -0.4 is 5.32 Å². The number of carbonyl (C=O) groups excluding carboxylic acids is 1. The van der Waals surface area contributed by atoms with E-state index in [2.05, 4.69) is 66.0 Å². The Kier molecular flexibility index (Phi) is 5.10. The maximum absolute atomic E-state index is 12.6. The summed E-state index contributed by atoms with van der Waals surface area (Å²) in [7, 11) is 0. The van der Waals surface area contributed by atoms with Crippen molar-refractivity contribution in [3.05, 3.63) is 71.8 Å². The Bertz CT molecular complexity index is 679. The lowest BCUT2D eigenvalue weighted by molar-refractivity contribution is -0.123. The molecule has 0 radical (unpaired) electrons. The lowest BCUT2D eigenvalue weighted by atomic mass is 9.84. The Morgan fingerprint density at radius 1 is 0.923 bits per heavy atom. The monoisotopic (exact) mass is 347 g/mol. The van der Waals surface area contributed by atoms with Gasteiger partial charge in [-0.1, -0.05) is 79.9 Å². The number of carbonyl (C=O) groups is 1. The van der Waals surface area contributed by atoms with Crippen molar-refractivity contribution in [3.63, 3.8) is 0 Å². The molecule has 0 aliphatic heterocycles. The average molecular weight is 348 g/mol. The van der Waals surface area contributed by atoms with Gasteiger partial charge in [-0.25, -0.2) is 0 Å². The smallest absolute Gasteiger partial charge is 0.223 e. The van der Waals surface area contributed by atoms with Gasteiger partial charge in [-0.05, 0) is 42.2 Å². The lowest BCUT2D eigenvalue weighted by Crippen LogP contribution is -2.29. The van der Waals surface area contributed by atoms with Crippen molar-refractivity contribution in [1.29, 1.82) is 0 Å². The first-order chi connectivity index (χ1) is 12.8. The van der Waals surface area contributed by atoms with Crippen LogP contribution in [0.1, 0.15) is 62.0 Å². The molecule has 2 aliphatic rings. The zero-order valence-corrected chi connectivity index (χ0v) is 15.5. The van der Waals surface area contributed by atoms with Crippen LogP contribution in [0, 0.1) is 11.3 Å². The molecule has 1 amide bonds. The number of rotatable bonds is 6. The van der Waals surface area contributed by atoms with Crippen molar-refractivity contribution in [3.8, 4) is 0 Å². The van der Waals surface area contributed by atoms with Crippen LogP contribution in [0.3, 0.4) is 0 Å². The summed E-state index contributed by atoms with van der Waals surface area (Å²) in [6.07, 6.45) is 8.58. The van der Waals surface area contributed by atoms with E-state index in [1.165, 1.54) is 43.2 Å². The predicted octanol–water partition coefficient (Wildman–Crippen LogP) is 5.30. The SMILES string of the molecule is O=C(NCCC(c1ccccc1)c1ccccc1)C1CC12CCCCC2. The number of nitrogens with one attached hydrogen (secondary N) is 1. The van der Waals surface area contributed by atoms with E-state index in [0.29, 0.717) is 17.2 Å². The van der Waals surface area contributed by atoms with Gasteiger partial charge in [0.25, 0.3) is 0 Å². The minimum atomic E-state index is 0.287. The molecule has 2 fully saturated rings. The first kappa shape index (κ1) is 17.3. The molecule has 0 bridgehead atoms. The normalized spacial score (nSPS) is 20.9.